The minimum atomic E-state index is -5.94. The second-order valence-electron chi connectivity index (χ2n) is 17.6. The molecule has 0 saturated carbocycles. The van der Waals surface area contributed by atoms with Crippen LogP contribution >= 0.6 is 0 Å². The van der Waals surface area contributed by atoms with Crippen molar-refractivity contribution in [2.45, 2.75) is 6.85 Å². The van der Waals surface area contributed by atoms with Crippen molar-refractivity contribution in [1.29, 1.82) is 0 Å². The molecule has 0 spiro atoms. The predicted molar refractivity (Wildman–Crippen MR) is 327 cm³/mol. The van der Waals surface area contributed by atoms with E-state index in [2.05, 4.69) is 11.3 Å². The fourth-order valence-corrected chi connectivity index (χ4v) is 13.8. The van der Waals surface area contributed by atoms with Gasteiger partial charge in [0, 0.05) is 32.7 Å². The minimum absolute atomic E-state index is 0.0173. The Bertz CT molecular complexity index is 6080. The van der Waals surface area contributed by atoms with E-state index in [9.17, 15) is 21.9 Å². The number of nitrogens with zero attached hydrogens (tertiary/aromatic N) is 4. The average Bonchev–Trinajstić information content (AvgIpc) is 0.712. The average molecular weight is 1060 g/mol. The Morgan fingerprint density at radius 3 is 1.62 bits per heavy atom. The molecular weight excluding hydrogens is 977 g/mol. The summed E-state index contributed by atoms with van der Waals surface area (Å²) in [6.45, 7) is -2.96. The molecule has 0 bridgehead atoms. The highest BCUT2D eigenvalue weighted by molar-refractivity contribution is 7.20. The van der Waals surface area contributed by atoms with Crippen LogP contribution in [0.1, 0.15) is 50.8 Å². The van der Waals surface area contributed by atoms with Crippen LogP contribution in [-0.2, 0) is 0 Å². The topological polar surface area (TPSA) is 35.9 Å². The molecule has 0 amide bonds. The summed E-state index contributed by atoms with van der Waals surface area (Å²) in [5, 5.41) is -1.67. The molecule has 14 rings (SSSR count). The normalized spacial score (nSPS) is 17.6. The number of imidazole rings is 1. The molecule has 0 atom stereocenters. The number of benzene rings is 11. The van der Waals surface area contributed by atoms with Crippen molar-refractivity contribution >= 4 is 61.7 Å². The molecule has 79 heavy (non-hydrogen) atoms. The van der Waals surface area contributed by atoms with E-state index in [-0.39, 0.29) is 61.6 Å². The first-order chi connectivity index (χ1) is 52.7. The zero-order valence-corrected chi connectivity index (χ0v) is 41.7. The number of pyridine rings is 1. The maximum absolute atomic E-state index is 9.82. The fraction of sp³-hybridized carbons (Fsp3) is 0.0137. The van der Waals surface area contributed by atoms with E-state index in [1.54, 1.807) is 47.0 Å². The van der Waals surface area contributed by atoms with Crippen molar-refractivity contribution in [3.8, 4) is 62.1 Å². The van der Waals surface area contributed by atoms with E-state index in [1.165, 1.54) is 75.9 Å². The summed E-state index contributed by atoms with van der Waals surface area (Å²) in [7, 11) is -5.94. The van der Waals surface area contributed by atoms with Gasteiger partial charge in [-0.15, -0.1) is 0 Å². The molecule has 0 fully saturated rings. The van der Waals surface area contributed by atoms with Gasteiger partial charge in [-0.3, -0.25) is 13.7 Å². The van der Waals surface area contributed by atoms with Crippen molar-refractivity contribution in [3.05, 3.63) is 309 Å². The van der Waals surface area contributed by atoms with Gasteiger partial charge in [-0.05, 0) is 103 Å². The largest absolute Gasteiger partial charge is 0.458 e. The molecule has 0 aliphatic carbocycles. The first kappa shape index (κ1) is 24.0. The van der Waals surface area contributed by atoms with Crippen LogP contribution in [-0.4, -0.2) is 22.2 Å². The summed E-state index contributed by atoms with van der Waals surface area (Å²) in [5.41, 5.74) is -2.16. The van der Waals surface area contributed by atoms with Gasteiger partial charge in [0.25, 0.3) is 6.33 Å². The molecule has 0 saturated heterocycles. The van der Waals surface area contributed by atoms with Crippen LogP contribution in [0.5, 0.6) is 11.5 Å². The number of fused-ring (bicyclic) bond motifs is 4. The lowest BCUT2D eigenvalue weighted by atomic mass is 9.95. The maximum Gasteiger partial charge on any atom is 0.269 e. The quantitative estimate of drug-likeness (QED) is 0.0529. The summed E-state index contributed by atoms with van der Waals surface area (Å²) in [5.74, 6) is 0.153. The van der Waals surface area contributed by atoms with Crippen molar-refractivity contribution in [2.75, 3.05) is 0 Å². The fourth-order valence-electron chi connectivity index (χ4n) is 10.0. The number of para-hydroxylation sites is 2. The van der Waals surface area contributed by atoms with Crippen molar-refractivity contribution < 1.29 is 54.5 Å². The second-order valence-corrected chi connectivity index (χ2v) is 21.2. The molecule has 3 aromatic heterocycles. The summed E-state index contributed by atoms with van der Waals surface area (Å²) < 4.78 is 310. The smallest absolute Gasteiger partial charge is 0.269 e. The number of aryl methyl sites for hydroxylation is 1. The SMILES string of the molecule is [2H]c1c([2H])c([2H])c(-c2cnc(-n3c4ccccc4c4ccc(Oc5cccc(-n6[c-][n+](-c7c(-c8c([2H])c([2H])c([2H])c([2H])c8[2H])cccc7-c7c([2H])c([2H])c([2H])c([2H])c7[2H])c7ccc([Si](c8c([2H])c([2H])c([2H])c([2H])c8[2H])(c8c([2H])c([2H])c([2H])c([2H])c8[2H])c8c([2H])c([2H])c([2H])c([2H])c8[2H])cc76)c5)cc43)cc2C([2H])([2H])[2H])c([2H])c1[2H]. The van der Waals surface area contributed by atoms with Gasteiger partial charge in [-0.2, -0.15) is 0 Å². The van der Waals surface area contributed by atoms with Crippen LogP contribution < -0.4 is 30.1 Å². The molecule has 6 heteroatoms. The number of hydrogen-bond donors (Lipinski definition) is 0. The number of aromatic nitrogens is 4. The molecule has 0 N–H and O–H groups in total. The molecule has 11 aromatic carbocycles. The van der Waals surface area contributed by atoms with Crippen LogP contribution in [0.3, 0.4) is 0 Å². The predicted octanol–water partition coefficient (Wildman–Crippen LogP) is 14.7. The Morgan fingerprint density at radius 2 is 1.01 bits per heavy atom. The molecule has 3 heterocycles. The number of rotatable bonds is 12. The van der Waals surface area contributed by atoms with Crippen LogP contribution in [0.4, 0.5) is 0 Å². The Hall–Kier alpha value is -10.1. The molecule has 5 nitrogen and oxygen atoms in total. The van der Waals surface area contributed by atoms with Gasteiger partial charge in [0.1, 0.15) is 17.3 Å². The third-order valence-corrected chi connectivity index (χ3v) is 17.5. The van der Waals surface area contributed by atoms with E-state index in [0.29, 0.717) is 21.8 Å². The van der Waals surface area contributed by atoms with Gasteiger partial charge < -0.3 is 4.74 Å². The van der Waals surface area contributed by atoms with Crippen LogP contribution in [0.15, 0.2) is 297 Å². The monoisotopic (exact) mass is 1060 g/mol. The van der Waals surface area contributed by atoms with Crippen molar-refractivity contribution in [1.82, 2.24) is 14.1 Å². The van der Waals surface area contributed by atoms with E-state index in [0.717, 1.165) is 6.20 Å². The van der Waals surface area contributed by atoms with Crippen LogP contribution in [0, 0.1) is 13.2 Å². The molecule has 374 valence electrons. The zero-order chi connectivity index (χ0) is 81.3. The molecule has 14 aromatic rings. The number of hydrogen-bond acceptors (Lipinski definition) is 2. The van der Waals surface area contributed by atoms with Crippen molar-refractivity contribution in [3.63, 3.8) is 0 Å². The third kappa shape index (κ3) is 8.34. The Morgan fingerprint density at radius 1 is 0.468 bits per heavy atom. The Balaban J connectivity index is 1.10. The Kier molecular flexibility index (Phi) is 6.11. The highest BCUT2D eigenvalue weighted by Gasteiger charge is 2.41. The standard InChI is InChI=1S/C73H52N4OSi/c1-52-46-72(74-50-67(52)55-28-12-4-13-29-55)77-68-41-21-20-38-65(68)66-44-42-58(48-70(66)77)78-57-31-22-30-56(47-57)75-51-76(73-63(53-24-8-2-9-25-53)39-23-40-64(73)54-26-10-3-11-27-54)69-45-43-62(49-71(69)75)79(59-32-14-5-15-33-59,60-34-16-6-17-35-60)61-36-18-7-19-37-61/h2-50H,1H3/i1D3,2D,3D,4D,5D,6D,7D,8D,9D,10D,11D,12D,13D,14D,15D,16D,17D,18D,19D,24D,25D,26D,27D,28D,29D,32D,33D,34D,35D,36D,37D. The lowest BCUT2D eigenvalue weighted by molar-refractivity contribution is -0.571. The lowest BCUT2D eigenvalue weighted by Gasteiger charge is -2.34. The van der Waals surface area contributed by atoms with Gasteiger partial charge in [-0.1, -0.05) is 242 Å². The van der Waals surface area contributed by atoms with E-state index < -0.39 is 234 Å². The summed E-state index contributed by atoms with van der Waals surface area (Å²) in [6, 6.07) is -0.0647. The molecule has 0 aliphatic heterocycles. The molecule has 0 unspecified atom stereocenters. The van der Waals surface area contributed by atoms with Gasteiger partial charge >= 0.3 is 0 Å². The second kappa shape index (κ2) is 20.1. The minimum Gasteiger partial charge on any atom is -0.458 e. The van der Waals surface area contributed by atoms with E-state index >= 15 is 0 Å². The molecule has 0 radical (unpaired) electrons. The highest BCUT2D eigenvalue weighted by Crippen LogP contribution is 2.38. The highest BCUT2D eigenvalue weighted by atomic mass is 28.3. The number of ether oxygens (including phenoxy) is 1. The first-order valence-electron chi connectivity index (χ1n) is 40.6. The van der Waals surface area contributed by atoms with Gasteiger partial charge in [-0.25, -0.2) is 4.98 Å². The molecule has 0 aliphatic rings. The lowest BCUT2D eigenvalue weighted by Crippen LogP contribution is -2.74. The van der Waals surface area contributed by atoms with Gasteiger partial charge in [0.05, 0.1) is 74.6 Å². The summed E-state index contributed by atoms with van der Waals surface area (Å²) in [4.78, 5) is 4.68. The first-order valence-corrected chi connectivity index (χ1v) is 26.1. The van der Waals surface area contributed by atoms with E-state index in [1.807, 2.05) is 0 Å². The maximum atomic E-state index is 9.82. The van der Waals surface area contributed by atoms with Crippen molar-refractivity contribution in [2.24, 2.45) is 0 Å². The van der Waals surface area contributed by atoms with Gasteiger partial charge in [0.15, 0.2) is 8.07 Å². The summed E-state index contributed by atoms with van der Waals surface area (Å²) >= 11 is 0. The zero-order valence-electron chi connectivity index (χ0n) is 73.7. The van der Waals surface area contributed by atoms with Gasteiger partial charge in [0.2, 0.25) is 0 Å². The molecular formula is C73H52N4OSi. The third-order valence-electron chi connectivity index (χ3n) is 13.4. The Labute approximate surface area is 507 Å². The van der Waals surface area contributed by atoms with Crippen LogP contribution in [0.25, 0.3) is 83.4 Å². The van der Waals surface area contributed by atoms with E-state index in [4.69, 9.17) is 28.0 Å². The summed E-state index contributed by atoms with van der Waals surface area (Å²) in [6.07, 6.45) is 4.38. The van der Waals surface area contributed by atoms with Crippen LogP contribution in [0.2, 0.25) is 0 Å².